The van der Waals surface area contributed by atoms with Gasteiger partial charge in [-0.1, -0.05) is 0 Å². The minimum absolute atomic E-state index is 0.305. The van der Waals surface area contributed by atoms with Crippen LogP contribution < -0.4 is 5.32 Å². The van der Waals surface area contributed by atoms with E-state index in [1.807, 2.05) is 27.8 Å². The van der Waals surface area contributed by atoms with Gasteiger partial charge in [-0.05, 0) is 47.2 Å². The van der Waals surface area contributed by atoms with Gasteiger partial charge in [0.25, 0.3) is 0 Å². The van der Waals surface area contributed by atoms with Crippen LogP contribution in [-0.4, -0.2) is 83.4 Å². The van der Waals surface area contributed by atoms with Crippen LogP contribution in [0.1, 0.15) is 33.6 Å². The molecule has 0 unspecified atom stereocenters. The normalized spacial score (nSPS) is 11.5. The Labute approximate surface area is 147 Å². The average Bonchev–Trinajstić information content (AvgIpc) is 2.50. The molecule has 0 rings (SSSR count). The quantitative estimate of drug-likeness (QED) is 0.484. The lowest BCUT2D eigenvalue weighted by Crippen LogP contribution is -2.35. The first-order valence-electron chi connectivity index (χ1n) is 8.69. The summed E-state index contributed by atoms with van der Waals surface area (Å²) in [6.07, 6.45) is 1.47. The fourth-order valence-corrected chi connectivity index (χ4v) is 1.73. The van der Waals surface area contributed by atoms with Crippen LogP contribution in [0, 0.1) is 0 Å². The van der Waals surface area contributed by atoms with Gasteiger partial charge in [-0.3, -0.25) is 0 Å². The Morgan fingerprint density at radius 1 is 0.917 bits per heavy atom. The molecule has 144 valence electrons. The molecule has 0 spiro atoms. The number of carbonyl (C=O) groups excluding carboxylic acids is 1. The summed E-state index contributed by atoms with van der Waals surface area (Å²) in [5.41, 5.74) is -0.463. The molecule has 7 heteroatoms. The first-order chi connectivity index (χ1) is 11.4. The Kier molecular flexibility index (Phi) is 13.9. The van der Waals surface area contributed by atoms with E-state index in [-0.39, 0.29) is 6.09 Å². The maximum Gasteiger partial charge on any atom is 0.410 e. The van der Waals surface area contributed by atoms with Crippen molar-refractivity contribution in [2.24, 2.45) is 0 Å². The SMILES string of the molecule is CNCCCOCCOCCOCCCN(C)C(=O)OC(C)(C)C. The van der Waals surface area contributed by atoms with Gasteiger partial charge in [-0.15, -0.1) is 0 Å². The third kappa shape index (κ3) is 16.0. The number of rotatable bonds is 14. The Morgan fingerprint density at radius 3 is 1.92 bits per heavy atom. The highest BCUT2D eigenvalue weighted by Gasteiger charge is 2.18. The zero-order valence-corrected chi connectivity index (χ0v) is 16.1. The van der Waals surface area contributed by atoms with Gasteiger partial charge in [-0.25, -0.2) is 4.79 Å². The van der Waals surface area contributed by atoms with Crippen LogP contribution >= 0.6 is 0 Å². The maximum absolute atomic E-state index is 11.7. The van der Waals surface area contributed by atoms with Crippen molar-refractivity contribution in [3.63, 3.8) is 0 Å². The number of carbonyl (C=O) groups is 1. The van der Waals surface area contributed by atoms with Crippen LogP contribution in [0.3, 0.4) is 0 Å². The summed E-state index contributed by atoms with van der Waals surface area (Å²) < 4.78 is 21.6. The van der Waals surface area contributed by atoms with Crippen LogP contribution in [0.4, 0.5) is 4.79 Å². The first-order valence-corrected chi connectivity index (χ1v) is 8.69. The number of nitrogens with zero attached hydrogens (tertiary/aromatic N) is 1. The topological polar surface area (TPSA) is 69.3 Å². The molecule has 0 aliphatic heterocycles. The van der Waals surface area contributed by atoms with Gasteiger partial charge in [0.15, 0.2) is 0 Å². The molecule has 0 heterocycles. The fraction of sp³-hybridized carbons (Fsp3) is 0.941. The third-order valence-corrected chi connectivity index (χ3v) is 2.95. The van der Waals surface area contributed by atoms with Gasteiger partial charge in [0.2, 0.25) is 0 Å². The number of nitrogens with one attached hydrogen (secondary N) is 1. The standard InChI is InChI=1S/C17H36N2O5/c1-17(2,3)24-16(20)19(5)9-7-11-22-13-15-23-14-12-21-10-6-8-18-4/h18H,6-15H2,1-5H3. The van der Waals surface area contributed by atoms with E-state index < -0.39 is 5.60 Å². The maximum atomic E-state index is 11.7. The van der Waals surface area contributed by atoms with E-state index >= 15 is 0 Å². The molecule has 1 amide bonds. The van der Waals surface area contributed by atoms with Gasteiger partial charge in [0.1, 0.15) is 5.60 Å². The molecule has 0 aliphatic carbocycles. The molecule has 0 fully saturated rings. The minimum Gasteiger partial charge on any atom is -0.444 e. The molecule has 0 aromatic heterocycles. The van der Waals surface area contributed by atoms with Crippen molar-refractivity contribution in [2.45, 2.75) is 39.2 Å². The van der Waals surface area contributed by atoms with Crippen LogP contribution in [0.25, 0.3) is 0 Å². The smallest absolute Gasteiger partial charge is 0.410 e. The van der Waals surface area contributed by atoms with Gasteiger partial charge in [-0.2, -0.15) is 0 Å². The van der Waals surface area contributed by atoms with Gasteiger partial charge in [0.05, 0.1) is 26.4 Å². The molecule has 0 aliphatic rings. The highest BCUT2D eigenvalue weighted by molar-refractivity contribution is 5.67. The van der Waals surface area contributed by atoms with E-state index in [1.54, 1.807) is 11.9 Å². The van der Waals surface area contributed by atoms with Gasteiger partial charge >= 0.3 is 6.09 Å². The van der Waals surface area contributed by atoms with Crippen molar-refractivity contribution < 1.29 is 23.7 Å². The molecule has 1 N–H and O–H groups in total. The fourth-order valence-electron chi connectivity index (χ4n) is 1.73. The third-order valence-electron chi connectivity index (χ3n) is 2.95. The van der Waals surface area contributed by atoms with Gasteiger partial charge < -0.3 is 29.2 Å². The average molecular weight is 348 g/mol. The lowest BCUT2D eigenvalue weighted by Gasteiger charge is -2.24. The van der Waals surface area contributed by atoms with Crippen molar-refractivity contribution >= 4 is 6.09 Å². The lowest BCUT2D eigenvalue weighted by atomic mass is 10.2. The Morgan fingerprint density at radius 2 is 1.42 bits per heavy atom. The highest BCUT2D eigenvalue weighted by atomic mass is 16.6. The Hall–Kier alpha value is -0.890. The summed E-state index contributed by atoms with van der Waals surface area (Å²) in [5.74, 6) is 0. The summed E-state index contributed by atoms with van der Waals surface area (Å²) in [6, 6.07) is 0. The van der Waals surface area contributed by atoms with Crippen LogP contribution in [0.2, 0.25) is 0 Å². The molecule has 0 saturated heterocycles. The monoisotopic (exact) mass is 348 g/mol. The Bertz CT molecular complexity index is 308. The van der Waals surface area contributed by atoms with Gasteiger partial charge in [0, 0.05) is 26.8 Å². The zero-order chi connectivity index (χ0) is 18.3. The predicted octanol–water partition coefficient (Wildman–Crippen LogP) is 1.90. The summed E-state index contributed by atoms with van der Waals surface area (Å²) in [5, 5.41) is 3.07. The highest BCUT2D eigenvalue weighted by Crippen LogP contribution is 2.09. The molecule has 0 aromatic carbocycles. The molecule has 7 nitrogen and oxygen atoms in total. The number of ether oxygens (including phenoxy) is 4. The molecule has 0 saturated carbocycles. The van der Waals surface area contributed by atoms with E-state index in [9.17, 15) is 4.79 Å². The predicted molar refractivity (Wildman–Crippen MR) is 94.5 cm³/mol. The second-order valence-corrected chi connectivity index (χ2v) is 6.55. The van der Waals surface area contributed by atoms with E-state index in [4.69, 9.17) is 18.9 Å². The molecule has 0 atom stereocenters. The van der Waals surface area contributed by atoms with Crippen molar-refractivity contribution in [3.8, 4) is 0 Å². The minimum atomic E-state index is -0.463. The summed E-state index contributed by atoms with van der Waals surface area (Å²) in [7, 11) is 3.66. The zero-order valence-electron chi connectivity index (χ0n) is 16.1. The second kappa shape index (κ2) is 14.5. The largest absolute Gasteiger partial charge is 0.444 e. The molecule has 24 heavy (non-hydrogen) atoms. The first kappa shape index (κ1) is 23.1. The second-order valence-electron chi connectivity index (χ2n) is 6.55. The number of hydrogen-bond acceptors (Lipinski definition) is 6. The van der Waals surface area contributed by atoms with Crippen molar-refractivity contribution in [2.75, 3.05) is 66.8 Å². The lowest BCUT2D eigenvalue weighted by molar-refractivity contribution is 0.0108. The van der Waals surface area contributed by atoms with Crippen LogP contribution in [-0.2, 0) is 18.9 Å². The van der Waals surface area contributed by atoms with Crippen LogP contribution in [0.5, 0.6) is 0 Å². The van der Waals surface area contributed by atoms with E-state index in [0.29, 0.717) is 39.6 Å². The number of hydrogen-bond donors (Lipinski definition) is 1. The molecule has 0 bridgehead atoms. The van der Waals surface area contributed by atoms with Crippen molar-refractivity contribution in [1.29, 1.82) is 0 Å². The van der Waals surface area contributed by atoms with Crippen molar-refractivity contribution in [3.05, 3.63) is 0 Å². The summed E-state index contributed by atoms with van der Waals surface area (Å²) >= 11 is 0. The van der Waals surface area contributed by atoms with Crippen molar-refractivity contribution in [1.82, 2.24) is 10.2 Å². The molecule has 0 radical (unpaired) electrons. The van der Waals surface area contributed by atoms with E-state index in [0.717, 1.165) is 26.0 Å². The molecular weight excluding hydrogens is 312 g/mol. The van der Waals surface area contributed by atoms with Crippen LogP contribution in [0.15, 0.2) is 0 Å². The summed E-state index contributed by atoms with van der Waals surface area (Å²) in [4.78, 5) is 13.3. The molecule has 0 aromatic rings. The Balaban J connectivity index is 3.32. The summed E-state index contributed by atoms with van der Waals surface area (Å²) in [6.45, 7) is 10.8. The van der Waals surface area contributed by atoms with E-state index in [2.05, 4.69) is 5.32 Å². The van der Waals surface area contributed by atoms with E-state index in [1.165, 1.54) is 0 Å². The molecular formula is C17H36N2O5. The number of amides is 1.